The van der Waals surface area contributed by atoms with Crippen LogP contribution in [0.1, 0.15) is 12.0 Å². The highest BCUT2D eigenvalue weighted by Gasteiger charge is 2.39. The number of nitrogens with zero attached hydrogens (tertiary/aromatic N) is 1. The molecule has 5 nitrogen and oxygen atoms in total. The van der Waals surface area contributed by atoms with Gasteiger partial charge in [0.15, 0.2) is 0 Å². The number of nitrogens with one attached hydrogen (secondary N) is 2. The van der Waals surface area contributed by atoms with Crippen LogP contribution in [0.15, 0.2) is 42.6 Å². The normalized spacial score (nSPS) is 16.6. The molecular weight excluding hydrogens is 400 g/mol. The van der Waals surface area contributed by atoms with Crippen LogP contribution in [0, 0.1) is 17.6 Å². The number of rotatable bonds is 5. The van der Waals surface area contributed by atoms with Crippen LogP contribution < -0.4 is 10.2 Å². The van der Waals surface area contributed by atoms with Crippen molar-refractivity contribution in [1.29, 1.82) is 0 Å². The Kier molecular flexibility index (Phi) is 5.24. The number of H-pyrrole nitrogens is 1. The molecule has 1 atom stereocenters. The molecule has 0 aliphatic carbocycles. The van der Waals surface area contributed by atoms with E-state index in [4.69, 9.17) is 11.6 Å². The number of hydrogen-bond acceptors (Lipinski definition) is 2. The van der Waals surface area contributed by atoms with Gasteiger partial charge < -0.3 is 15.2 Å². The minimum absolute atomic E-state index is 0.0930. The van der Waals surface area contributed by atoms with Crippen LogP contribution >= 0.6 is 11.6 Å². The molecule has 1 unspecified atom stereocenters. The van der Waals surface area contributed by atoms with Gasteiger partial charge in [-0.25, -0.2) is 8.78 Å². The number of hydrogen-bond donors (Lipinski definition) is 2. The summed E-state index contributed by atoms with van der Waals surface area (Å²) in [6.45, 7) is 0.422. The predicted octanol–water partition coefficient (Wildman–Crippen LogP) is 3.81. The first-order valence-corrected chi connectivity index (χ1v) is 9.62. The molecule has 0 radical (unpaired) electrons. The molecule has 0 spiro atoms. The molecule has 1 fully saturated rings. The number of fused-ring (bicyclic) bond motifs is 1. The lowest BCUT2D eigenvalue weighted by Crippen LogP contribution is -2.38. The Morgan fingerprint density at radius 2 is 2.00 bits per heavy atom. The van der Waals surface area contributed by atoms with Crippen LogP contribution in [0.25, 0.3) is 10.9 Å². The Balaban J connectivity index is 1.39. The molecule has 1 aromatic heterocycles. The molecule has 1 aliphatic rings. The van der Waals surface area contributed by atoms with Crippen molar-refractivity contribution in [2.45, 2.75) is 12.8 Å². The molecule has 3 aromatic rings. The SMILES string of the molecule is O=C(NCCc1c[nH]c2ccc(Cl)cc12)C1CCN(c2c(F)cccc2F)C1=O. The number of carbonyl (C=O) groups excluding carboxylic acids is 2. The van der Waals surface area contributed by atoms with Gasteiger partial charge in [-0.3, -0.25) is 9.59 Å². The molecule has 2 amide bonds. The number of para-hydroxylation sites is 1. The van der Waals surface area contributed by atoms with Gasteiger partial charge in [0.25, 0.3) is 0 Å². The molecule has 150 valence electrons. The molecule has 2 heterocycles. The minimum atomic E-state index is -0.952. The third-order valence-corrected chi connectivity index (χ3v) is 5.39. The van der Waals surface area contributed by atoms with E-state index in [1.165, 1.54) is 6.07 Å². The maximum atomic E-state index is 14.0. The second-order valence-electron chi connectivity index (χ2n) is 6.95. The van der Waals surface area contributed by atoms with Crippen LogP contribution in [0.2, 0.25) is 5.02 Å². The Morgan fingerprint density at radius 1 is 1.24 bits per heavy atom. The van der Waals surface area contributed by atoms with Gasteiger partial charge in [-0.05, 0) is 48.7 Å². The van der Waals surface area contributed by atoms with Crippen LogP contribution in [0.5, 0.6) is 0 Å². The fraction of sp³-hybridized carbons (Fsp3) is 0.238. The largest absolute Gasteiger partial charge is 0.361 e. The average molecular weight is 418 g/mol. The van der Waals surface area contributed by atoms with Gasteiger partial charge >= 0.3 is 0 Å². The van der Waals surface area contributed by atoms with Crippen molar-refractivity contribution in [3.8, 4) is 0 Å². The Morgan fingerprint density at radius 3 is 2.76 bits per heavy atom. The van der Waals surface area contributed by atoms with Crippen molar-refractivity contribution in [2.75, 3.05) is 18.0 Å². The Hall–Kier alpha value is -2.93. The first-order valence-electron chi connectivity index (χ1n) is 9.24. The third-order valence-electron chi connectivity index (χ3n) is 5.15. The van der Waals surface area contributed by atoms with E-state index in [-0.39, 0.29) is 13.0 Å². The van der Waals surface area contributed by atoms with Gasteiger partial charge in [0.05, 0.1) is 0 Å². The van der Waals surface area contributed by atoms with Crippen molar-refractivity contribution in [2.24, 2.45) is 5.92 Å². The van der Waals surface area contributed by atoms with Gasteiger partial charge in [-0.1, -0.05) is 17.7 Å². The van der Waals surface area contributed by atoms with Crippen LogP contribution in [0.4, 0.5) is 14.5 Å². The molecular formula is C21H18ClF2N3O2. The summed E-state index contributed by atoms with van der Waals surface area (Å²) >= 11 is 6.04. The average Bonchev–Trinajstić information content (AvgIpc) is 3.25. The summed E-state index contributed by atoms with van der Waals surface area (Å²) in [4.78, 5) is 29.2. The Bertz CT molecular complexity index is 1080. The second kappa shape index (κ2) is 7.83. The van der Waals surface area contributed by atoms with E-state index in [1.807, 2.05) is 18.3 Å². The summed E-state index contributed by atoms with van der Waals surface area (Å²) in [6.07, 6.45) is 2.62. The number of aromatic amines is 1. The number of aromatic nitrogens is 1. The van der Waals surface area contributed by atoms with E-state index in [0.29, 0.717) is 18.0 Å². The summed E-state index contributed by atoms with van der Waals surface area (Å²) in [6, 6.07) is 8.94. The monoisotopic (exact) mass is 417 g/mol. The van der Waals surface area contributed by atoms with Gasteiger partial charge in [-0.15, -0.1) is 0 Å². The van der Waals surface area contributed by atoms with Crippen LogP contribution in [-0.4, -0.2) is 29.9 Å². The lowest BCUT2D eigenvalue weighted by atomic mass is 10.1. The lowest BCUT2D eigenvalue weighted by Gasteiger charge is -2.18. The lowest BCUT2D eigenvalue weighted by molar-refractivity contribution is -0.132. The summed E-state index contributed by atoms with van der Waals surface area (Å²) in [5.74, 6) is -3.63. The highest BCUT2D eigenvalue weighted by atomic mass is 35.5. The maximum Gasteiger partial charge on any atom is 0.239 e. The maximum absolute atomic E-state index is 14.0. The summed E-state index contributed by atoms with van der Waals surface area (Å²) in [7, 11) is 0. The summed E-state index contributed by atoms with van der Waals surface area (Å²) in [5, 5.41) is 4.35. The zero-order valence-corrected chi connectivity index (χ0v) is 16.1. The smallest absolute Gasteiger partial charge is 0.239 e. The zero-order valence-electron chi connectivity index (χ0n) is 15.3. The number of halogens is 3. The van der Waals surface area contributed by atoms with E-state index in [2.05, 4.69) is 10.3 Å². The highest BCUT2D eigenvalue weighted by molar-refractivity contribution is 6.31. The van der Waals surface area contributed by atoms with E-state index >= 15 is 0 Å². The summed E-state index contributed by atoms with van der Waals surface area (Å²) < 4.78 is 27.9. The topological polar surface area (TPSA) is 65.2 Å². The molecule has 1 aliphatic heterocycles. The third kappa shape index (κ3) is 3.70. The molecule has 29 heavy (non-hydrogen) atoms. The second-order valence-corrected chi connectivity index (χ2v) is 7.38. The number of amides is 2. The van der Waals surface area contributed by atoms with Crippen molar-refractivity contribution >= 4 is 40.0 Å². The van der Waals surface area contributed by atoms with E-state index in [0.717, 1.165) is 33.5 Å². The zero-order chi connectivity index (χ0) is 20.5. The summed E-state index contributed by atoms with van der Waals surface area (Å²) in [5.41, 5.74) is 1.54. The minimum Gasteiger partial charge on any atom is -0.361 e. The molecule has 4 rings (SSSR count). The molecule has 2 N–H and O–H groups in total. The van der Waals surface area contributed by atoms with E-state index in [1.54, 1.807) is 6.07 Å². The highest BCUT2D eigenvalue weighted by Crippen LogP contribution is 2.30. The molecule has 0 bridgehead atoms. The quantitative estimate of drug-likeness (QED) is 0.620. The van der Waals surface area contributed by atoms with E-state index in [9.17, 15) is 18.4 Å². The molecule has 2 aromatic carbocycles. The molecule has 0 saturated carbocycles. The van der Waals surface area contributed by atoms with Crippen molar-refractivity contribution in [3.63, 3.8) is 0 Å². The van der Waals surface area contributed by atoms with Crippen molar-refractivity contribution < 1.29 is 18.4 Å². The fourth-order valence-corrected chi connectivity index (χ4v) is 3.87. The number of anilines is 1. The van der Waals surface area contributed by atoms with Gasteiger partial charge in [-0.2, -0.15) is 0 Å². The standard InChI is InChI=1S/C21H18ClF2N3O2/c22-13-4-5-18-15(10-13)12(11-26-18)6-8-25-20(28)14-7-9-27(21(14)29)19-16(23)2-1-3-17(19)24/h1-5,10-11,14,26H,6-9H2,(H,25,28). The number of carbonyl (C=O) groups is 2. The first-order chi connectivity index (χ1) is 14.0. The van der Waals surface area contributed by atoms with E-state index < -0.39 is 35.1 Å². The van der Waals surface area contributed by atoms with Crippen molar-refractivity contribution in [1.82, 2.24) is 10.3 Å². The predicted molar refractivity (Wildman–Crippen MR) is 107 cm³/mol. The van der Waals surface area contributed by atoms with Crippen LogP contribution in [0.3, 0.4) is 0 Å². The van der Waals surface area contributed by atoms with Gasteiger partial charge in [0.2, 0.25) is 11.8 Å². The van der Waals surface area contributed by atoms with Crippen LogP contribution in [-0.2, 0) is 16.0 Å². The number of benzene rings is 2. The molecule has 8 heteroatoms. The first kappa shape index (κ1) is 19.4. The molecule has 1 saturated heterocycles. The van der Waals surface area contributed by atoms with Crippen molar-refractivity contribution in [3.05, 3.63) is 64.8 Å². The fourth-order valence-electron chi connectivity index (χ4n) is 3.69. The Labute approximate surface area is 170 Å². The van der Waals surface area contributed by atoms with Gasteiger partial charge in [0, 0.05) is 35.2 Å². The van der Waals surface area contributed by atoms with Gasteiger partial charge in [0.1, 0.15) is 23.2 Å².